The lowest BCUT2D eigenvalue weighted by atomic mass is 10.1. The topological polar surface area (TPSA) is 118 Å². The fraction of sp³-hybridized carbons (Fsp3) is 0.0800. The molecule has 0 atom stereocenters. The fourth-order valence-corrected chi connectivity index (χ4v) is 5.28. The molecule has 0 aromatic heterocycles. The van der Waals surface area contributed by atoms with Gasteiger partial charge in [0.15, 0.2) is 0 Å². The average molecular weight is 508 g/mol. The van der Waals surface area contributed by atoms with E-state index in [0.717, 1.165) is 16.3 Å². The van der Waals surface area contributed by atoms with Gasteiger partial charge in [0, 0.05) is 29.0 Å². The number of nitrogens with zero attached hydrogens (tertiary/aromatic N) is 1. The van der Waals surface area contributed by atoms with Gasteiger partial charge in [-0.25, -0.2) is 8.42 Å². The average Bonchev–Trinajstić information content (AvgIpc) is 2.85. The number of amides is 1. The number of nitro benzene ring substituents is 1. The highest BCUT2D eigenvalue weighted by Crippen LogP contribution is 2.26. The molecule has 0 heterocycles. The van der Waals surface area contributed by atoms with Gasteiger partial charge >= 0.3 is 0 Å². The van der Waals surface area contributed by atoms with Crippen molar-refractivity contribution in [2.75, 3.05) is 15.8 Å². The summed E-state index contributed by atoms with van der Waals surface area (Å²) < 4.78 is 28.4. The molecule has 0 bridgehead atoms. The lowest BCUT2D eigenvalue weighted by Gasteiger charge is -2.11. The SMILES string of the molecule is O=C(CSCc1ccc([N+](=O)[O-])cc1)Nc1ccc(S(=O)(=O)Nc2cccc3ccccc23)cc1. The summed E-state index contributed by atoms with van der Waals surface area (Å²) in [4.78, 5) is 22.6. The predicted molar refractivity (Wildman–Crippen MR) is 139 cm³/mol. The minimum atomic E-state index is -3.81. The molecule has 2 N–H and O–H groups in total. The molecule has 0 saturated heterocycles. The van der Waals surface area contributed by atoms with Gasteiger partial charge in [-0.2, -0.15) is 0 Å². The van der Waals surface area contributed by atoms with Gasteiger partial charge < -0.3 is 5.32 Å². The number of hydrogen-bond acceptors (Lipinski definition) is 6. The largest absolute Gasteiger partial charge is 0.325 e. The Morgan fingerprint density at radius 3 is 2.29 bits per heavy atom. The van der Waals surface area contributed by atoms with Crippen molar-refractivity contribution in [3.05, 3.63) is 107 Å². The third kappa shape index (κ3) is 6.17. The summed E-state index contributed by atoms with van der Waals surface area (Å²) in [5, 5.41) is 15.2. The van der Waals surface area contributed by atoms with Crippen LogP contribution >= 0.6 is 11.8 Å². The summed E-state index contributed by atoms with van der Waals surface area (Å²) in [6, 6.07) is 25.1. The van der Waals surface area contributed by atoms with E-state index in [-0.39, 0.29) is 22.2 Å². The second kappa shape index (κ2) is 10.6. The summed E-state index contributed by atoms with van der Waals surface area (Å²) in [6.45, 7) is 0. The third-order valence-corrected chi connectivity index (χ3v) is 7.52. The van der Waals surface area contributed by atoms with E-state index in [0.29, 0.717) is 17.1 Å². The number of thioether (sulfide) groups is 1. The maximum atomic E-state index is 12.9. The van der Waals surface area contributed by atoms with Gasteiger partial charge in [-0.1, -0.05) is 48.5 Å². The van der Waals surface area contributed by atoms with E-state index in [4.69, 9.17) is 0 Å². The van der Waals surface area contributed by atoms with E-state index in [2.05, 4.69) is 10.0 Å². The van der Waals surface area contributed by atoms with Crippen LogP contribution in [0, 0.1) is 10.1 Å². The number of anilines is 2. The summed E-state index contributed by atoms with van der Waals surface area (Å²) >= 11 is 1.37. The first-order chi connectivity index (χ1) is 16.8. The molecule has 0 radical (unpaired) electrons. The highest BCUT2D eigenvalue weighted by atomic mass is 32.2. The number of carbonyl (C=O) groups is 1. The van der Waals surface area contributed by atoms with Gasteiger partial charge in [-0.15, -0.1) is 11.8 Å². The Morgan fingerprint density at radius 1 is 0.886 bits per heavy atom. The van der Waals surface area contributed by atoms with Crippen LogP contribution in [0.15, 0.2) is 95.9 Å². The molecule has 8 nitrogen and oxygen atoms in total. The third-order valence-electron chi connectivity index (χ3n) is 5.13. The van der Waals surface area contributed by atoms with Crippen molar-refractivity contribution in [3.63, 3.8) is 0 Å². The number of benzene rings is 4. The number of carbonyl (C=O) groups excluding carboxylic acids is 1. The number of nitro groups is 1. The zero-order valence-corrected chi connectivity index (χ0v) is 20.0. The predicted octanol–water partition coefficient (Wildman–Crippen LogP) is 5.42. The van der Waals surface area contributed by atoms with Crippen LogP contribution in [0.3, 0.4) is 0 Å². The highest BCUT2D eigenvalue weighted by Gasteiger charge is 2.16. The van der Waals surface area contributed by atoms with Crippen LogP contribution in [-0.2, 0) is 20.6 Å². The molecule has 10 heteroatoms. The Hall–Kier alpha value is -3.89. The number of fused-ring (bicyclic) bond motifs is 1. The minimum absolute atomic E-state index is 0.0225. The quantitative estimate of drug-likeness (QED) is 0.231. The molecule has 1 amide bonds. The van der Waals surface area contributed by atoms with E-state index in [9.17, 15) is 23.3 Å². The zero-order chi connectivity index (χ0) is 24.8. The van der Waals surface area contributed by atoms with Gasteiger partial charge in [-0.3, -0.25) is 19.6 Å². The summed E-state index contributed by atoms with van der Waals surface area (Å²) in [6.07, 6.45) is 0. The van der Waals surface area contributed by atoms with Crippen molar-refractivity contribution in [3.8, 4) is 0 Å². The molecule has 4 rings (SSSR count). The van der Waals surface area contributed by atoms with E-state index >= 15 is 0 Å². The van der Waals surface area contributed by atoms with Gasteiger partial charge in [0.05, 0.1) is 21.3 Å². The van der Waals surface area contributed by atoms with Crippen molar-refractivity contribution in [2.24, 2.45) is 0 Å². The lowest BCUT2D eigenvalue weighted by molar-refractivity contribution is -0.384. The molecule has 178 valence electrons. The number of rotatable bonds is 9. The van der Waals surface area contributed by atoms with Crippen LogP contribution < -0.4 is 10.0 Å². The normalized spacial score (nSPS) is 11.2. The molecule has 0 aliphatic carbocycles. The Bertz CT molecular complexity index is 1470. The van der Waals surface area contributed by atoms with Crippen LogP contribution in [-0.4, -0.2) is 25.0 Å². The maximum absolute atomic E-state index is 12.9. The van der Waals surface area contributed by atoms with Crippen molar-refractivity contribution >= 4 is 55.5 Å². The molecule has 0 unspecified atom stereocenters. The molecule has 0 spiro atoms. The Morgan fingerprint density at radius 2 is 1.57 bits per heavy atom. The van der Waals surface area contributed by atoms with Gasteiger partial charge in [0.25, 0.3) is 15.7 Å². The molecule has 4 aromatic carbocycles. The Kier molecular flexibility index (Phi) is 7.33. The van der Waals surface area contributed by atoms with Crippen molar-refractivity contribution in [1.29, 1.82) is 0 Å². The van der Waals surface area contributed by atoms with Gasteiger partial charge in [-0.05, 0) is 41.3 Å². The van der Waals surface area contributed by atoms with E-state index < -0.39 is 14.9 Å². The summed E-state index contributed by atoms with van der Waals surface area (Å²) in [7, 11) is -3.81. The molecular weight excluding hydrogens is 486 g/mol. The monoisotopic (exact) mass is 507 g/mol. The van der Waals surface area contributed by atoms with Crippen LogP contribution in [0.4, 0.5) is 17.1 Å². The second-order valence-corrected chi connectivity index (χ2v) is 10.3. The van der Waals surface area contributed by atoms with E-state index in [1.54, 1.807) is 24.3 Å². The van der Waals surface area contributed by atoms with E-state index in [1.807, 2.05) is 30.3 Å². The zero-order valence-electron chi connectivity index (χ0n) is 18.4. The number of hydrogen-bond donors (Lipinski definition) is 2. The van der Waals surface area contributed by atoms with Crippen molar-refractivity contribution in [1.82, 2.24) is 0 Å². The Balaban J connectivity index is 1.33. The van der Waals surface area contributed by atoms with Gasteiger partial charge in [0.1, 0.15) is 0 Å². The van der Waals surface area contributed by atoms with Crippen molar-refractivity contribution in [2.45, 2.75) is 10.6 Å². The summed E-state index contributed by atoms with van der Waals surface area (Å²) in [5.74, 6) is 0.476. The van der Waals surface area contributed by atoms with Crippen LogP contribution in [0.25, 0.3) is 10.8 Å². The van der Waals surface area contributed by atoms with Crippen LogP contribution in [0.2, 0.25) is 0 Å². The second-order valence-electron chi connectivity index (χ2n) is 7.62. The molecule has 0 fully saturated rings. The number of sulfonamides is 1. The first-order valence-electron chi connectivity index (χ1n) is 10.5. The highest BCUT2D eigenvalue weighted by molar-refractivity contribution is 7.99. The fourth-order valence-electron chi connectivity index (χ4n) is 3.41. The van der Waals surface area contributed by atoms with Crippen LogP contribution in [0.1, 0.15) is 5.56 Å². The minimum Gasteiger partial charge on any atom is -0.325 e. The first kappa shape index (κ1) is 24.2. The smallest absolute Gasteiger partial charge is 0.269 e. The lowest BCUT2D eigenvalue weighted by Crippen LogP contribution is -2.15. The molecule has 4 aromatic rings. The summed E-state index contributed by atoms with van der Waals surface area (Å²) in [5.41, 5.74) is 1.87. The molecular formula is C25H21N3O5S2. The number of nitrogens with one attached hydrogen (secondary N) is 2. The molecule has 0 aliphatic heterocycles. The maximum Gasteiger partial charge on any atom is 0.269 e. The van der Waals surface area contributed by atoms with Crippen molar-refractivity contribution < 1.29 is 18.1 Å². The van der Waals surface area contributed by atoms with E-state index in [1.165, 1.54) is 48.2 Å². The van der Waals surface area contributed by atoms with Crippen LogP contribution in [0.5, 0.6) is 0 Å². The molecule has 35 heavy (non-hydrogen) atoms. The molecule has 0 aliphatic rings. The number of non-ortho nitro benzene ring substituents is 1. The first-order valence-corrected chi connectivity index (χ1v) is 13.2. The standard InChI is InChI=1S/C25H21N3O5S2/c29-25(17-34-16-18-8-12-21(13-9-18)28(30)31)26-20-10-14-22(15-11-20)35(32,33)27-24-7-3-5-19-4-1-2-6-23(19)24/h1-15,27H,16-17H2,(H,26,29). The molecule has 0 saturated carbocycles. The Labute approximate surface area is 206 Å². The van der Waals surface area contributed by atoms with Gasteiger partial charge in [0.2, 0.25) is 5.91 Å².